The summed E-state index contributed by atoms with van der Waals surface area (Å²) in [5.41, 5.74) is 5.45. The van der Waals surface area contributed by atoms with Crippen molar-refractivity contribution in [3.8, 4) is 6.07 Å². The number of rotatable bonds is 5. The molecule has 0 radical (unpaired) electrons. The maximum Gasteiger partial charge on any atom is 0.102 e. The van der Waals surface area contributed by atoms with Crippen LogP contribution in [0.25, 0.3) is 5.52 Å². The molecule has 0 bridgehead atoms. The SMILES string of the molecule is N#Cc1c(CN(CCO)C2CCc3ccccc32)cn2ccccc12. The van der Waals surface area contributed by atoms with Crippen LogP contribution in [-0.4, -0.2) is 27.6 Å². The van der Waals surface area contributed by atoms with Gasteiger partial charge in [0.1, 0.15) is 6.07 Å². The molecule has 0 amide bonds. The number of pyridine rings is 1. The zero-order chi connectivity index (χ0) is 17.2. The van der Waals surface area contributed by atoms with E-state index in [1.165, 1.54) is 11.1 Å². The van der Waals surface area contributed by atoms with E-state index in [2.05, 4.69) is 35.2 Å². The highest BCUT2D eigenvalue weighted by atomic mass is 16.3. The molecule has 1 atom stereocenters. The number of nitriles is 1. The first-order valence-electron chi connectivity index (χ1n) is 8.73. The summed E-state index contributed by atoms with van der Waals surface area (Å²) in [6.07, 6.45) is 6.15. The summed E-state index contributed by atoms with van der Waals surface area (Å²) in [6, 6.07) is 17.1. The molecular formula is C21H21N3O. The predicted molar refractivity (Wildman–Crippen MR) is 97.1 cm³/mol. The van der Waals surface area contributed by atoms with Crippen LogP contribution in [0, 0.1) is 11.3 Å². The fraction of sp³-hybridized carbons (Fsp3) is 0.286. The Hall–Kier alpha value is -2.61. The van der Waals surface area contributed by atoms with Crippen molar-refractivity contribution in [1.82, 2.24) is 9.30 Å². The third-order valence-electron chi connectivity index (χ3n) is 5.18. The van der Waals surface area contributed by atoms with Crippen LogP contribution in [0.2, 0.25) is 0 Å². The summed E-state index contributed by atoms with van der Waals surface area (Å²) < 4.78 is 2.01. The van der Waals surface area contributed by atoms with Gasteiger partial charge in [-0.2, -0.15) is 5.26 Å². The van der Waals surface area contributed by atoms with Crippen molar-refractivity contribution >= 4 is 5.52 Å². The fourth-order valence-corrected chi connectivity index (χ4v) is 4.03. The first-order valence-corrected chi connectivity index (χ1v) is 8.73. The lowest BCUT2D eigenvalue weighted by molar-refractivity contribution is 0.143. The molecule has 0 aliphatic heterocycles. The summed E-state index contributed by atoms with van der Waals surface area (Å²) in [4.78, 5) is 2.31. The van der Waals surface area contributed by atoms with Crippen molar-refractivity contribution in [2.24, 2.45) is 0 Å². The highest BCUT2D eigenvalue weighted by Crippen LogP contribution is 2.36. The maximum atomic E-state index is 9.64. The van der Waals surface area contributed by atoms with Crippen LogP contribution in [-0.2, 0) is 13.0 Å². The Balaban J connectivity index is 1.69. The van der Waals surface area contributed by atoms with E-state index < -0.39 is 0 Å². The van der Waals surface area contributed by atoms with E-state index >= 15 is 0 Å². The average Bonchev–Trinajstić information content (AvgIpc) is 3.22. The number of hydrogen-bond acceptors (Lipinski definition) is 3. The normalized spacial score (nSPS) is 16.3. The monoisotopic (exact) mass is 331 g/mol. The van der Waals surface area contributed by atoms with E-state index in [1.807, 2.05) is 35.0 Å². The van der Waals surface area contributed by atoms with Gasteiger partial charge in [0.15, 0.2) is 0 Å². The molecule has 0 saturated carbocycles. The Morgan fingerprint density at radius 2 is 2.04 bits per heavy atom. The first-order chi connectivity index (χ1) is 12.3. The zero-order valence-electron chi connectivity index (χ0n) is 14.1. The Bertz CT molecular complexity index is 938. The van der Waals surface area contributed by atoms with E-state index in [-0.39, 0.29) is 6.61 Å². The minimum absolute atomic E-state index is 0.119. The summed E-state index contributed by atoms with van der Waals surface area (Å²) in [6.45, 7) is 1.40. The lowest BCUT2D eigenvalue weighted by Crippen LogP contribution is -2.30. The second kappa shape index (κ2) is 6.72. The van der Waals surface area contributed by atoms with Crippen LogP contribution in [0.5, 0.6) is 0 Å². The summed E-state index contributed by atoms with van der Waals surface area (Å²) in [5.74, 6) is 0. The average molecular weight is 331 g/mol. The van der Waals surface area contributed by atoms with Crippen molar-refractivity contribution in [2.45, 2.75) is 25.4 Å². The van der Waals surface area contributed by atoms with Gasteiger partial charge >= 0.3 is 0 Å². The van der Waals surface area contributed by atoms with E-state index in [4.69, 9.17) is 0 Å². The number of nitrogens with zero attached hydrogens (tertiary/aromatic N) is 3. The van der Waals surface area contributed by atoms with Crippen molar-refractivity contribution in [1.29, 1.82) is 5.26 Å². The number of aryl methyl sites for hydroxylation is 1. The van der Waals surface area contributed by atoms with Crippen LogP contribution in [0.15, 0.2) is 54.9 Å². The van der Waals surface area contributed by atoms with Crippen LogP contribution >= 0.6 is 0 Å². The quantitative estimate of drug-likeness (QED) is 0.780. The van der Waals surface area contributed by atoms with E-state index in [9.17, 15) is 10.4 Å². The van der Waals surface area contributed by atoms with Gasteiger partial charge in [-0.3, -0.25) is 4.90 Å². The van der Waals surface area contributed by atoms with Crippen LogP contribution in [0.3, 0.4) is 0 Å². The van der Waals surface area contributed by atoms with Gasteiger partial charge < -0.3 is 9.51 Å². The lowest BCUT2D eigenvalue weighted by atomic mass is 10.1. The Morgan fingerprint density at radius 1 is 1.20 bits per heavy atom. The smallest absolute Gasteiger partial charge is 0.102 e. The van der Waals surface area contributed by atoms with Crippen molar-refractivity contribution in [3.05, 3.63) is 77.1 Å². The number of aromatic nitrogens is 1. The minimum atomic E-state index is 0.119. The molecule has 2 aromatic heterocycles. The standard InChI is InChI=1S/C21H21N3O/c22-13-19-17(14-23-10-4-3-7-20(19)23)15-24(11-12-25)21-9-8-16-5-1-2-6-18(16)21/h1-7,10,14,21,25H,8-9,11-12,15H2. The number of fused-ring (bicyclic) bond motifs is 2. The molecule has 1 unspecified atom stereocenters. The van der Waals surface area contributed by atoms with Crippen LogP contribution in [0.1, 0.15) is 34.7 Å². The van der Waals surface area contributed by atoms with Gasteiger partial charge in [-0.05, 0) is 36.1 Å². The van der Waals surface area contributed by atoms with Crippen LogP contribution in [0.4, 0.5) is 0 Å². The van der Waals surface area contributed by atoms with Gasteiger partial charge in [-0.15, -0.1) is 0 Å². The van der Waals surface area contributed by atoms with E-state index in [0.717, 1.165) is 29.5 Å². The molecule has 1 N–H and O–H groups in total. The summed E-state index contributed by atoms with van der Waals surface area (Å²) >= 11 is 0. The zero-order valence-corrected chi connectivity index (χ0v) is 14.1. The molecule has 4 nitrogen and oxygen atoms in total. The first kappa shape index (κ1) is 15.9. The molecule has 3 aromatic rings. The number of hydrogen-bond donors (Lipinski definition) is 1. The van der Waals surface area contributed by atoms with Gasteiger partial charge in [0, 0.05) is 37.1 Å². The number of benzene rings is 1. The largest absolute Gasteiger partial charge is 0.395 e. The molecule has 4 rings (SSSR count). The molecule has 0 spiro atoms. The van der Waals surface area contributed by atoms with E-state index in [0.29, 0.717) is 19.1 Å². The third-order valence-corrected chi connectivity index (χ3v) is 5.18. The topological polar surface area (TPSA) is 51.7 Å². The lowest BCUT2D eigenvalue weighted by Gasteiger charge is -2.28. The predicted octanol–water partition coefficient (Wildman–Crippen LogP) is 3.29. The second-order valence-corrected chi connectivity index (χ2v) is 6.58. The minimum Gasteiger partial charge on any atom is -0.395 e. The van der Waals surface area contributed by atoms with Crippen molar-refractivity contribution < 1.29 is 5.11 Å². The van der Waals surface area contributed by atoms with Gasteiger partial charge in [0.05, 0.1) is 17.7 Å². The summed E-state index contributed by atoms with van der Waals surface area (Å²) in [7, 11) is 0. The number of aliphatic hydroxyl groups is 1. The Labute approximate surface area is 147 Å². The van der Waals surface area contributed by atoms with Gasteiger partial charge in [0.25, 0.3) is 0 Å². The van der Waals surface area contributed by atoms with Crippen molar-refractivity contribution in [2.75, 3.05) is 13.2 Å². The van der Waals surface area contributed by atoms with Gasteiger partial charge in [-0.1, -0.05) is 30.3 Å². The summed E-state index contributed by atoms with van der Waals surface area (Å²) in [5, 5.41) is 19.2. The molecular weight excluding hydrogens is 310 g/mol. The van der Waals surface area contributed by atoms with E-state index in [1.54, 1.807) is 0 Å². The van der Waals surface area contributed by atoms with Crippen molar-refractivity contribution in [3.63, 3.8) is 0 Å². The molecule has 1 aliphatic rings. The molecule has 0 saturated heterocycles. The third kappa shape index (κ3) is 2.82. The highest BCUT2D eigenvalue weighted by molar-refractivity contribution is 5.65. The maximum absolute atomic E-state index is 9.64. The van der Waals surface area contributed by atoms with Gasteiger partial charge in [0.2, 0.25) is 0 Å². The van der Waals surface area contributed by atoms with Crippen LogP contribution < -0.4 is 0 Å². The number of aliphatic hydroxyl groups excluding tert-OH is 1. The fourth-order valence-electron chi connectivity index (χ4n) is 4.03. The molecule has 1 aliphatic carbocycles. The highest BCUT2D eigenvalue weighted by Gasteiger charge is 2.28. The molecule has 2 heterocycles. The molecule has 0 fully saturated rings. The Morgan fingerprint density at radius 3 is 2.88 bits per heavy atom. The molecule has 25 heavy (non-hydrogen) atoms. The molecule has 126 valence electrons. The molecule has 4 heteroatoms. The second-order valence-electron chi connectivity index (χ2n) is 6.58. The van der Waals surface area contributed by atoms with Gasteiger partial charge in [-0.25, -0.2) is 0 Å². The molecule has 1 aromatic carbocycles. The Kier molecular flexibility index (Phi) is 4.27.